The number of benzene rings is 2. The maximum atomic E-state index is 5.99. The van der Waals surface area contributed by atoms with Gasteiger partial charge >= 0.3 is 0 Å². The molecule has 0 fully saturated rings. The third-order valence-electron chi connectivity index (χ3n) is 2.68. The van der Waals surface area contributed by atoms with Crippen molar-refractivity contribution in [1.82, 2.24) is 0 Å². The minimum absolute atomic E-state index is 0. The summed E-state index contributed by atoms with van der Waals surface area (Å²) in [6, 6.07) is 10.1. The Kier molecular flexibility index (Phi) is 4.21. The third-order valence-corrected chi connectivity index (χ3v) is 2.68. The molecule has 0 amide bonds. The summed E-state index contributed by atoms with van der Waals surface area (Å²) in [5.74, 6) is 0. The molecule has 0 atom stereocenters. The first-order chi connectivity index (χ1) is 7.36. The summed E-state index contributed by atoms with van der Waals surface area (Å²) in [4.78, 5) is 4.17. The van der Waals surface area contributed by atoms with Crippen molar-refractivity contribution >= 4 is 53.2 Å². The van der Waals surface area contributed by atoms with E-state index in [4.69, 9.17) is 5.73 Å². The van der Waals surface area contributed by atoms with E-state index in [0.29, 0.717) is 6.67 Å². The van der Waals surface area contributed by atoms with Crippen LogP contribution in [0.25, 0.3) is 10.8 Å². The quantitative estimate of drug-likeness (QED) is 0.723. The highest BCUT2D eigenvalue weighted by atomic mass is 35.5. The van der Waals surface area contributed by atoms with E-state index < -0.39 is 0 Å². The largest absolute Gasteiger partial charge is 0.398 e. The second-order valence-electron chi connectivity index (χ2n) is 3.62. The molecular weight excluding hydrogens is 257 g/mol. The Labute approximate surface area is 112 Å². The van der Waals surface area contributed by atoms with Crippen molar-refractivity contribution in [1.29, 1.82) is 0 Å². The fourth-order valence-electron chi connectivity index (χ4n) is 1.99. The molecule has 0 spiro atoms. The van der Waals surface area contributed by atoms with E-state index >= 15 is 0 Å². The van der Waals surface area contributed by atoms with Crippen molar-refractivity contribution in [2.75, 3.05) is 17.7 Å². The predicted molar refractivity (Wildman–Crippen MR) is 78.9 cm³/mol. The molecule has 1 heterocycles. The SMILES string of the molecule is Cl.Cl.Nc1cc2c(c3ccccc13)NCN=C2. The Morgan fingerprint density at radius 3 is 2.59 bits per heavy atom. The summed E-state index contributed by atoms with van der Waals surface area (Å²) in [7, 11) is 0. The van der Waals surface area contributed by atoms with Crippen LogP contribution in [0.5, 0.6) is 0 Å². The van der Waals surface area contributed by atoms with Crippen molar-refractivity contribution in [3.8, 4) is 0 Å². The lowest BCUT2D eigenvalue weighted by Gasteiger charge is -2.16. The lowest BCUT2D eigenvalue weighted by molar-refractivity contribution is 1.13. The molecule has 17 heavy (non-hydrogen) atoms. The molecule has 90 valence electrons. The number of fused-ring (bicyclic) bond motifs is 3. The number of hydrogen-bond donors (Lipinski definition) is 2. The van der Waals surface area contributed by atoms with E-state index in [1.807, 2.05) is 30.5 Å². The summed E-state index contributed by atoms with van der Waals surface area (Å²) in [6.45, 7) is 0.640. The number of nitrogen functional groups attached to an aromatic ring is 1. The summed E-state index contributed by atoms with van der Waals surface area (Å²) in [6.07, 6.45) is 1.87. The van der Waals surface area contributed by atoms with E-state index in [1.165, 1.54) is 5.39 Å². The van der Waals surface area contributed by atoms with Gasteiger partial charge in [0.1, 0.15) is 6.67 Å². The monoisotopic (exact) mass is 269 g/mol. The average Bonchev–Trinajstić information content (AvgIpc) is 2.30. The van der Waals surface area contributed by atoms with Gasteiger partial charge in [0.25, 0.3) is 0 Å². The number of anilines is 2. The molecule has 3 rings (SSSR count). The minimum Gasteiger partial charge on any atom is -0.398 e. The molecule has 0 saturated carbocycles. The Bertz CT molecular complexity index is 567. The number of nitrogens with one attached hydrogen (secondary N) is 1. The highest BCUT2D eigenvalue weighted by Crippen LogP contribution is 2.32. The fraction of sp³-hybridized carbons (Fsp3) is 0.0833. The molecule has 3 N–H and O–H groups in total. The first kappa shape index (κ1) is 13.6. The predicted octanol–water partition coefficient (Wildman–Crippen LogP) is 3.07. The van der Waals surface area contributed by atoms with Crippen LogP contribution in [0.1, 0.15) is 5.56 Å². The van der Waals surface area contributed by atoms with Crippen LogP contribution in [0.4, 0.5) is 11.4 Å². The van der Waals surface area contributed by atoms with Gasteiger partial charge in [0.05, 0.1) is 5.69 Å². The number of rotatable bonds is 0. The van der Waals surface area contributed by atoms with Crippen molar-refractivity contribution < 1.29 is 0 Å². The number of halogens is 2. The lowest BCUT2D eigenvalue weighted by Crippen LogP contribution is -2.09. The van der Waals surface area contributed by atoms with Gasteiger partial charge in [0.2, 0.25) is 0 Å². The first-order valence-corrected chi connectivity index (χ1v) is 4.91. The molecule has 1 aliphatic heterocycles. The molecule has 0 radical (unpaired) electrons. The van der Waals surface area contributed by atoms with Crippen LogP contribution in [0, 0.1) is 0 Å². The minimum atomic E-state index is 0. The van der Waals surface area contributed by atoms with E-state index in [2.05, 4.69) is 16.4 Å². The zero-order valence-corrected chi connectivity index (χ0v) is 10.6. The molecule has 0 aliphatic carbocycles. The van der Waals surface area contributed by atoms with Crippen LogP contribution in [-0.2, 0) is 0 Å². The van der Waals surface area contributed by atoms with Gasteiger partial charge in [-0.25, -0.2) is 0 Å². The summed E-state index contributed by atoms with van der Waals surface area (Å²) < 4.78 is 0. The zero-order chi connectivity index (χ0) is 10.3. The maximum absolute atomic E-state index is 5.99. The molecule has 0 saturated heterocycles. The average molecular weight is 270 g/mol. The molecule has 0 aromatic heterocycles. The van der Waals surface area contributed by atoms with E-state index in [0.717, 1.165) is 22.3 Å². The number of hydrogen-bond acceptors (Lipinski definition) is 3. The van der Waals surface area contributed by atoms with Crippen LogP contribution >= 0.6 is 24.8 Å². The topological polar surface area (TPSA) is 50.4 Å². The van der Waals surface area contributed by atoms with E-state index in [9.17, 15) is 0 Å². The Balaban J connectivity index is 0.000000722. The van der Waals surface area contributed by atoms with Crippen LogP contribution in [0.15, 0.2) is 35.3 Å². The van der Waals surface area contributed by atoms with Gasteiger partial charge in [0.15, 0.2) is 0 Å². The number of nitrogens with two attached hydrogens (primary N) is 1. The molecular formula is C12H13Cl2N3. The van der Waals surface area contributed by atoms with Gasteiger partial charge in [-0.1, -0.05) is 24.3 Å². The Hall–Kier alpha value is -1.45. The van der Waals surface area contributed by atoms with Gasteiger partial charge < -0.3 is 11.1 Å². The van der Waals surface area contributed by atoms with E-state index in [1.54, 1.807) is 0 Å². The molecule has 2 aromatic rings. The normalized spacial score (nSPS) is 12.0. The number of aliphatic imine (C=N–C) groups is 1. The van der Waals surface area contributed by atoms with Crippen LogP contribution in [-0.4, -0.2) is 12.9 Å². The van der Waals surface area contributed by atoms with Gasteiger partial charge in [-0.2, -0.15) is 0 Å². The van der Waals surface area contributed by atoms with Crippen LogP contribution in [0.3, 0.4) is 0 Å². The highest BCUT2D eigenvalue weighted by Gasteiger charge is 2.10. The van der Waals surface area contributed by atoms with Gasteiger partial charge in [-0.05, 0) is 6.07 Å². The Morgan fingerprint density at radius 2 is 1.82 bits per heavy atom. The lowest BCUT2D eigenvalue weighted by atomic mass is 10.0. The second-order valence-corrected chi connectivity index (χ2v) is 3.62. The van der Waals surface area contributed by atoms with Crippen LogP contribution < -0.4 is 11.1 Å². The summed E-state index contributed by atoms with van der Waals surface area (Å²) in [5, 5.41) is 5.54. The smallest absolute Gasteiger partial charge is 0.107 e. The summed E-state index contributed by atoms with van der Waals surface area (Å²) in [5.41, 5.74) is 9.00. The zero-order valence-electron chi connectivity index (χ0n) is 9.01. The highest BCUT2D eigenvalue weighted by molar-refractivity contribution is 6.09. The molecule has 3 nitrogen and oxygen atoms in total. The van der Waals surface area contributed by atoms with Gasteiger partial charge in [-0.3, -0.25) is 4.99 Å². The van der Waals surface area contributed by atoms with Gasteiger partial charge in [0, 0.05) is 28.2 Å². The molecule has 0 bridgehead atoms. The Morgan fingerprint density at radius 1 is 1.12 bits per heavy atom. The molecule has 5 heteroatoms. The summed E-state index contributed by atoms with van der Waals surface area (Å²) >= 11 is 0. The third kappa shape index (κ3) is 2.16. The van der Waals surface area contributed by atoms with E-state index in [-0.39, 0.29) is 24.8 Å². The second kappa shape index (κ2) is 5.25. The van der Waals surface area contributed by atoms with Crippen molar-refractivity contribution in [2.24, 2.45) is 4.99 Å². The van der Waals surface area contributed by atoms with Crippen molar-refractivity contribution in [2.45, 2.75) is 0 Å². The molecule has 2 aromatic carbocycles. The molecule has 1 aliphatic rings. The van der Waals surface area contributed by atoms with Crippen molar-refractivity contribution in [3.05, 3.63) is 35.9 Å². The standard InChI is InChI=1S/C12H11N3.2ClH/c13-11-5-8-6-14-7-15-12(8)10-4-2-1-3-9(10)11;;/h1-6,15H,7,13H2;2*1H. The van der Waals surface area contributed by atoms with Crippen molar-refractivity contribution in [3.63, 3.8) is 0 Å². The van der Waals surface area contributed by atoms with Gasteiger partial charge in [-0.15, -0.1) is 24.8 Å². The number of nitrogens with zero attached hydrogens (tertiary/aromatic N) is 1. The fourth-order valence-corrected chi connectivity index (χ4v) is 1.99. The molecule has 0 unspecified atom stereocenters. The van der Waals surface area contributed by atoms with Crippen LogP contribution in [0.2, 0.25) is 0 Å². The maximum Gasteiger partial charge on any atom is 0.107 e. The first-order valence-electron chi connectivity index (χ1n) is 4.91.